The first-order chi connectivity index (χ1) is 9.65. The van der Waals surface area contributed by atoms with E-state index in [1.807, 2.05) is 0 Å². The second kappa shape index (κ2) is 5.41. The summed E-state index contributed by atoms with van der Waals surface area (Å²) in [7, 11) is 0. The van der Waals surface area contributed by atoms with Crippen LogP contribution in [0.5, 0.6) is 0 Å². The third kappa shape index (κ3) is 2.51. The molecule has 0 aliphatic carbocycles. The molecule has 104 valence electrons. The zero-order chi connectivity index (χ0) is 14.1. The van der Waals surface area contributed by atoms with Gasteiger partial charge in [0.1, 0.15) is 17.5 Å². The lowest BCUT2D eigenvalue weighted by atomic mass is 10.0. The molecule has 0 radical (unpaired) electrons. The Labute approximate surface area is 122 Å². The average molecular weight is 341 g/mol. The van der Waals surface area contributed by atoms with E-state index in [9.17, 15) is 9.18 Å². The molecular weight excluding hydrogens is 331 g/mol. The van der Waals surface area contributed by atoms with Crippen molar-refractivity contribution in [2.24, 2.45) is 0 Å². The molecule has 2 heterocycles. The van der Waals surface area contributed by atoms with Gasteiger partial charge in [-0.25, -0.2) is 4.39 Å². The standard InChI is InChI=1S/C13H10BrFN2O3/c14-9-5-7(1-2-10(9)15)12-16-13(20-17-12)8-6-19-4-3-11(8)18/h1-2,5,8H,3-4,6H2. The highest BCUT2D eigenvalue weighted by Gasteiger charge is 2.29. The van der Waals surface area contributed by atoms with Crippen molar-refractivity contribution in [3.8, 4) is 11.4 Å². The number of hydrogen-bond donors (Lipinski definition) is 0. The van der Waals surface area contributed by atoms with Crippen molar-refractivity contribution in [2.75, 3.05) is 13.2 Å². The molecule has 1 unspecified atom stereocenters. The minimum atomic E-state index is -0.506. The molecule has 5 nitrogen and oxygen atoms in total. The number of ether oxygens (including phenoxy) is 1. The van der Waals surface area contributed by atoms with Gasteiger partial charge in [-0.3, -0.25) is 4.79 Å². The summed E-state index contributed by atoms with van der Waals surface area (Å²) in [5.41, 5.74) is 0.609. The van der Waals surface area contributed by atoms with Crippen LogP contribution in [0.25, 0.3) is 11.4 Å². The smallest absolute Gasteiger partial charge is 0.239 e. The number of hydrogen-bond acceptors (Lipinski definition) is 5. The van der Waals surface area contributed by atoms with Crippen LogP contribution in [-0.4, -0.2) is 29.1 Å². The van der Waals surface area contributed by atoms with Crippen LogP contribution in [0.1, 0.15) is 18.2 Å². The van der Waals surface area contributed by atoms with Crippen LogP contribution in [0, 0.1) is 5.82 Å². The van der Waals surface area contributed by atoms with Gasteiger partial charge in [-0.15, -0.1) is 0 Å². The molecule has 1 aromatic carbocycles. The van der Waals surface area contributed by atoms with Gasteiger partial charge < -0.3 is 9.26 Å². The number of halogens is 2. The Morgan fingerprint density at radius 3 is 3.00 bits per heavy atom. The number of benzene rings is 1. The van der Waals surface area contributed by atoms with E-state index in [2.05, 4.69) is 26.1 Å². The first kappa shape index (κ1) is 13.4. The van der Waals surface area contributed by atoms with Gasteiger partial charge in [0, 0.05) is 12.0 Å². The lowest BCUT2D eigenvalue weighted by Gasteiger charge is -2.16. The monoisotopic (exact) mass is 340 g/mol. The highest BCUT2D eigenvalue weighted by Crippen LogP contribution is 2.26. The zero-order valence-corrected chi connectivity index (χ0v) is 11.9. The fourth-order valence-corrected chi connectivity index (χ4v) is 2.36. The third-order valence-electron chi connectivity index (χ3n) is 3.08. The molecular formula is C13H10BrFN2O3. The summed E-state index contributed by atoms with van der Waals surface area (Å²) < 4.78 is 23.9. The fraction of sp³-hybridized carbons (Fsp3) is 0.308. The maximum absolute atomic E-state index is 13.2. The van der Waals surface area contributed by atoms with Crippen LogP contribution in [0.4, 0.5) is 4.39 Å². The number of Topliss-reactive ketones (excluding diaryl/α,β-unsaturated/α-hetero) is 1. The molecule has 0 N–H and O–H groups in total. The fourth-order valence-electron chi connectivity index (χ4n) is 1.98. The van der Waals surface area contributed by atoms with E-state index in [-0.39, 0.29) is 24.1 Å². The number of carbonyl (C=O) groups excluding carboxylic acids is 1. The normalized spacial score (nSPS) is 19.3. The number of aromatic nitrogens is 2. The Hall–Kier alpha value is -1.60. The van der Waals surface area contributed by atoms with E-state index >= 15 is 0 Å². The molecule has 0 amide bonds. The third-order valence-corrected chi connectivity index (χ3v) is 3.69. The Morgan fingerprint density at radius 1 is 1.40 bits per heavy atom. The van der Waals surface area contributed by atoms with Crippen molar-refractivity contribution in [3.63, 3.8) is 0 Å². The van der Waals surface area contributed by atoms with Crippen LogP contribution in [0.3, 0.4) is 0 Å². The van der Waals surface area contributed by atoms with Crippen molar-refractivity contribution in [1.82, 2.24) is 10.1 Å². The Bertz CT molecular complexity index is 659. The van der Waals surface area contributed by atoms with Crippen LogP contribution >= 0.6 is 15.9 Å². The summed E-state index contributed by atoms with van der Waals surface area (Å²) in [6.07, 6.45) is 0.352. The van der Waals surface area contributed by atoms with Gasteiger partial charge in [0.05, 0.1) is 17.7 Å². The van der Waals surface area contributed by atoms with E-state index < -0.39 is 5.92 Å². The first-order valence-corrected chi connectivity index (χ1v) is 6.84. The highest BCUT2D eigenvalue weighted by molar-refractivity contribution is 9.10. The first-order valence-electron chi connectivity index (χ1n) is 6.04. The highest BCUT2D eigenvalue weighted by atomic mass is 79.9. The number of nitrogens with zero attached hydrogens (tertiary/aromatic N) is 2. The van der Waals surface area contributed by atoms with Crippen molar-refractivity contribution < 1.29 is 18.4 Å². The van der Waals surface area contributed by atoms with Crippen LogP contribution in [-0.2, 0) is 9.53 Å². The summed E-state index contributed by atoms with van der Waals surface area (Å²) in [6.45, 7) is 0.689. The van der Waals surface area contributed by atoms with Gasteiger partial charge in [0.15, 0.2) is 0 Å². The lowest BCUT2D eigenvalue weighted by Crippen LogP contribution is -2.25. The van der Waals surface area contributed by atoms with Crippen molar-refractivity contribution in [2.45, 2.75) is 12.3 Å². The zero-order valence-electron chi connectivity index (χ0n) is 10.3. The Morgan fingerprint density at radius 2 is 2.25 bits per heavy atom. The molecule has 1 fully saturated rings. The molecule has 0 spiro atoms. The molecule has 20 heavy (non-hydrogen) atoms. The Kier molecular flexibility index (Phi) is 3.62. The quantitative estimate of drug-likeness (QED) is 0.840. The molecule has 0 bridgehead atoms. The summed E-state index contributed by atoms with van der Waals surface area (Å²) in [6, 6.07) is 4.42. The van der Waals surface area contributed by atoms with E-state index in [4.69, 9.17) is 9.26 Å². The molecule has 3 rings (SSSR count). The SMILES string of the molecule is O=C1CCOCC1c1nc(-c2ccc(F)c(Br)c2)no1. The van der Waals surface area contributed by atoms with Crippen LogP contribution < -0.4 is 0 Å². The molecule has 1 aliphatic heterocycles. The average Bonchev–Trinajstić information content (AvgIpc) is 2.92. The van der Waals surface area contributed by atoms with Crippen molar-refractivity contribution >= 4 is 21.7 Å². The van der Waals surface area contributed by atoms with Gasteiger partial charge in [-0.05, 0) is 34.1 Å². The van der Waals surface area contributed by atoms with Gasteiger partial charge in [-0.2, -0.15) is 4.98 Å². The van der Waals surface area contributed by atoms with Crippen LogP contribution in [0.15, 0.2) is 27.2 Å². The largest absolute Gasteiger partial charge is 0.380 e. The molecule has 1 atom stereocenters. The second-order valence-electron chi connectivity index (χ2n) is 4.43. The molecule has 2 aromatic rings. The van der Waals surface area contributed by atoms with Crippen molar-refractivity contribution in [1.29, 1.82) is 0 Å². The number of rotatable bonds is 2. The minimum Gasteiger partial charge on any atom is -0.380 e. The van der Waals surface area contributed by atoms with Gasteiger partial charge >= 0.3 is 0 Å². The molecule has 1 aliphatic rings. The molecule has 1 aromatic heterocycles. The molecule has 0 saturated carbocycles. The predicted molar refractivity (Wildman–Crippen MR) is 70.6 cm³/mol. The molecule has 1 saturated heterocycles. The van der Waals surface area contributed by atoms with E-state index in [0.29, 0.717) is 28.9 Å². The number of carbonyl (C=O) groups is 1. The van der Waals surface area contributed by atoms with E-state index in [0.717, 1.165) is 0 Å². The van der Waals surface area contributed by atoms with E-state index in [1.54, 1.807) is 12.1 Å². The summed E-state index contributed by atoms with van der Waals surface area (Å²) in [4.78, 5) is 16.0. The second-order valence-corrected chi connectivity index (χ2v) is 5.28. The summed E-state index contributed by atoms with van der Waals surface area (Å²) in [5.74, 6) is -0.279. The van der Waals surface area contributed by atoms with Crippen LogP contribution in [0.2, 0.25) is 0 Å². The maximum Gasteiger partial charge on any atom is 0.239 e. The maximum atomic E-state index is 13.2. The Balaban J connectivity index is 1.89. The number of ketones is 1. The van der Waals surface area contributed by atoms with Gasteiger partial charge in [0.2, 0.25) is 11.7 Å². The van der Waals surface area contributed by atoms with Crippen molar-refractivity contribution in [3.05, 3.63) is 34.4 Å². The molecule has 7 heteroatoms. The minimum absolute atomic E-state index is 0.0340. The summed E-state index contributed by atoms with van der Waals surface area (Å²) >= 11 is 3.10. The topological polar surface area (TPSA) is 65.2 Å². The van der Waals surface area contributed by atoms with Gasteiger partial charge in [-0.1, -0.05) is 5.16 Å². The lowest BCUT2D eigenvalue weighted by molar-refractivity contribution is -0.127. The van der Waals surface area contributed by atoms with Gasteiger partial charge in [0.25, 0.3) is 0 Å². The predicted octanol–water partition coefficient (Wildman–Crippen LogP) is 2.71. The summed E-state index contributed by atoms with van der Waals surface area (Å²) in [5, 5.41) is 3.83. The van der Waals surface area contributed by atoms with E-state index in [1.165, 1.54) is 6.07 Å².